The van der Waals surface area contributed by atoms with Crippen LogP contribution in [-0.2, 0) is 4.79 Å². The summed E-state index contributed by atoms with van der Waals surface area (Å²) in [5.74, 6) is -0.107. The van der Waals surface area contributed by atoms with Crippen LogP contribution < -0.4 is 5.73 Å². The summed E-state index contributed by atoms with van der Waals surface area (Å²) in [6.45, 7) is 0. The van der Waals surface area contributed by atoms with Gasteiger partial charge < -0.3 is 5.73 Å². The van der Waals surface area contributed by atoms with Gasteiger partial charge in [-0.2, -0.15) is 0 Å². The Hall–Kier alpha value is -0.620. The van der Waals surface area contributed by atoms with Gasteiger partial charge in [0.15, 0.2) is 4.32 Å². The molecule has 3 amide bonds. The number of carbonyl (C=O) groups is 2. The topological polar surface area (TPSA) is 63.4 Å². The smallest absolute Gasteiger partial charge is 0.327 e. The van der Waals surface area contributed by atoms with E-state index in [4.69, 9.17) is 5.73 Å². The van der Waals surface area contributed by atoms with Crippen molar-refractivity contribution in [3.63, 3.8) is 0 Å². The molecule has 10 heavy (non-hydrogen) atoms. The highest BCUT2D eigenvalue weighted by Crippen LogP contribution is 2.18. The van der Waals surface area contributed by atoms with Crippen molar-refractivity contribution in [1.82, 2.24) is 4.90 Å². The molecule has 0 unspecified atom stereocenters. The molecule has 1 heterocycles. The first-order valence-electron chi connectivity index (χ1n) is 2.42. The Morgan fingerprint density at radius 1 is 1.80 bits per heavy atom. The molecule has 0 aromatic rings. The number of nitrogens with two attached hydrogens (primary N) is 1. The molecule has 1 rings (SSSR count). The van der Waals surface area contributed by atoms with E-state index in [1.807, 2.05) is 0 Å². The van der Waals surface area contributed by atoms with Crippen LogP contribution in [0.15, 0.2) is 0 Å². The van der Waals surface area contributed by atoms with Gasteiger partial charge in [0.2, 0.25) is 5.91 Å². The Kier molecular flexibility index (Phi) is 1.91. The highest BCUT2D eigenvalue weighted by atomic mass is 32.2. The Labute approximate surface area is 66.7 Å². The van der Waals surface area contributed by atoms with E-state index < -0.39 is 6.03 Å². The summed E-state index contributed by atoms with van der Waals surface area (Å²) in [5, 5.41) is 0. The Balaban J connectivity index is 2.82. The molecule has 54 valence electrons. The summed E-state index contributed by atoms with van der Waals surface area (Å²) in [4.78, 5) is 22.0. The maximum Gasteiger partial charge on any atom is 0.327 e. The third kappa shape index (κ3) is 1.12. The van der Waals surface area contributed by atoms with Crippen LogP contribution >= 0.6 is 24.0 Å². The van der Waals surface area contributed by atoms with Crippen LogP contribution in [0.3, 0.4) is 0 Å². The number of carbonyl (C=O) groups excluding carboxylic acids is 2. The second-order valence-corrected chi connectivity index (χ2v) is 3.23. The lowest BCUT2D eigenvalue weighted by Gasteiger charge is -2.06. The number of imide groups is 1. The average Bonchev–Trinajstić information content (AvgIpc) is 2.11. The third-order valence-electron chi connectivity index (χ3n) is 0.971. The fourth-order valence-electron chi connectivity index (χ4n) is 0.567. The molecule has 0 spiro atoms. The summed E-state index contributed by atoms with van der Waals surface area (Å²) in [6, 6.07) is -0.792. The van der Waals surface area contributed by atoms with Gasteiger partial charge >= 0.3 is 6.03 Å². The summed E-state index contributed by atoms with van der Waals surface area (Å²) in [6.07, 6.45) is 0. The number of thiocarbonyl (C=S) groups is 1. The molecular weight excluding hydrogens is 172 g/mol. The summed E-state index contributed by atoms with van der Waals surface area (Å²) in [5.41, 5.74) is 4.84. The van der Waals surface area contributed by atoms with Gasteiger partial charge in [0.05, 0.1) is 5.75 Å². The molecule has 2 N–H and O–H groups in total. The van der Waals surface area contributed by atoms with Gasteiger partial charge in [-0.25, -0.2) is 9.69 Å². The van der Waals surface area contributed by atoms with Crippen molar-refractivity contribution in [3.8, 4) is 0 Å². The van der Waals surface area contributed by atoms with Gasteiger partial charge in [-0.15, -0.1) is 0 Å². The van der Waals surface area contributed by atoms with E-state index in [2.05, 4.69) is 12.2 Å². The van der Waals surface area contributed by atoms with Crippen LogP contribution in [0.1, 0.15) is 0 Å². The number of nitrogens with zero attached hydrogens (tertiary/aromatic N) is 1. The number of rotatable bonds is 0. The van der Waals surface area contributed by atoms with E-state index in [0.29, 0.717) is 0 Å². The van der Waals surface area contributed by atoms with Crippen LogP contribution in [-0.4, -0.2) is 26.9 Å². The summed E-state index contributed by atoms with van der Waals surface area (Å²) < 4.78 is 0.248. The van der Waals surface area contributed by atoms with Crippen molar-refractivity contribution in [2.75, 3.05) is 5.75 Å². The Morgan fingerprint density at radius 3 is 2.60 bits per heavy atom. The SMILES string of the molecule is NC(=O)N1C(=O)CSC1=S. The first kappa shape index (κ1) is 7.49. The fourth-order valence-corrected chi connectivity index (χ4v) is 1.63. The van der Waals surface area contributed by atoms with E-state index >= 15 is 0 Å². The van der Waals surface area contributed by atoms with Crippen LogP contribution in [0.25, 0.3) is 0 Å². The Bertz CT molecular complexity index is 199. The highest BCUT2D eigenvalue weighted by molar-refractivity contribution is 8.24. The molecule has 6 heteroatoms. The normalized spacial score (nSPS) is 18.2. The molecule has 0 radical (unpaired) electrons. The van der Waals surface area contributed by atoms with Gasteiger partial charge in [0.25, 0.3) is 0 Å². The number of hydrogen-bond acceptors (Lipinski definition) is 4. The van der Waals surface area contributed by atoms with E-state index in [1.54, 1.807) is 0 Å². The minimum atomic E-state index is -0.792. The van der Waals surface area contributed by atoms with E-state index in [1.165, 1.54) is 0 Å². The molecule has 4 nitrogen and oxygen atoms in total. The lowest BCUT2D eigenvalue weighted by Crippen LogP contribution is -2.38. The number of primary amides is 1. The van der Waals surface area contributed by atoms with Crippen LogP contribution in [0.4, 0.5) is 4.79 Å². The molecule has 0 atom stereocenters. The Morgan fingerprint density at radius 2 is 2.40 bits per heavy atom. The van der Waals surface area contributed by atoms with E-state index in [-0.39, 0.29) is 16.0 Å². The highest BCUT2D eigenvalue weighted by Gasteiger charge is 2.30. The van der Waals surface area contributed by atoms with Crippen molar-refractivity contribution in [3.05, 3.63) is 0 Å². The van der Waals surface area contributed by atoms with Crippen molar-refractivity contribution in [2.45, 2.75) is 0 Å². The van der Waals surface area contributed by atoms with Gasteiger partial charge in [0.1, 0.15) is 0 Å². The van der Waals surface area contributed by atoms with Crippen LogP contribution in [0.5, 0.6) is 0 Å². The minimum Gasteiger partial charge on any atom is -0.351 e. The quantitative estimate of drug-likeness (QED) is 0.524. The number of urea groups is 1. The molecule has 0 saturated carbocycles. The molecule has 1 aliphatic rings. The van der Waals surface area contributed by atoms with Crippen LogP contribution in [0, 0.1) is 0 Å². The zero-order chi connectivity index (χ0) is 7.72. The maximum absolute atomic E-state index is 10.7. The number of amides is 3. The van der Waals surface area contributed by atoms with Crippen LogP contribution in [0.2, 0.25) is 0 Å². The van der Waals surface area contributed by atoms with Gasteiger partial charge in [0, 0.05) is 0 Å². The minimum absolute atomic E-state index is 0.224. The molecule has 0 bridgehead atoms. The number of hydrogen-bond donors (Lipinski definition) is 1. The zero-order valence-corrected chi connectivity index (χ0v) is 6.50. The second kappa shape index (κ2) is 2.55. The number of thioether (sulfide) groups is 1. The molecule has 0 aromatic carbocycles. The molecule has 1 saturated heterocycles. The van der Waals surface area contributed by atoms with Crippen molar-refractivity contribution < 1.29 is 9.59 Å². The van der Waals surface area contributed by atoms with Crippen molar-refractivity contribution >= 4 is 40.2 Å². The monoisotopic (exact) mass is 176 g/mol. The predicted octanol–water partition coefficient (Wildman–Crippen LogP) is -0.0746. The third-order valence-corrected chi connectivity index (χ3v) is 2.33. The van der Waals surface area contributed by atoms with E-state index in [0.717, 1.165) is 16.7 Å². The lowest BCUT2D eigenvalue weighted by molar-refractivity contribution is -0.121. The first-order chi connectivity index (χ1) is 4.63. The second-order valence-electron chi connectivity index (χ2n) is 1.62. The predicted molar refractivity (Wildman–Crippen MR) is 41.5 cm³/mol. The summed E-state index contributed by atoms with van der Waals surface area (Å²) >= 11 is 5.81. The average molecular weight is 176 g/mol. The zero-order valence-electron chi connectivity index (χ0n) is 4.86. The molecular formula is C4H4N2O2S2. The first-order valence-corrected chi connectivity index (χ1v) is 3.81. The van der Waals surface area contributed by atoms with Gasteiger partial charge in [-0.3, -0.25) is 4.79 Å². The maximum atomic E-state index is 10.7. The standard InChI is InChI=1S/C4H4N2O2S2/c5-3(8)6-2(7)1-10-4(6)9/h1H2,(H2,5,8). The van der Waals surface area contributed by atoms with Gasteiger partial charge in [-0.1, -0.05) is 24.0 Å². The van der Waals surface area contributed by atoms with Crippen molar-refractivity contribution in [2.24, 2.45) is 5.73 Å². The summed E-state index contributed by atoms with van der Waals surface area (Å²) in [7, 11) is 0. The van der Waals surface area contributed by atoms with Gasteiger partial charge in [-0.05, 0) is 0 Å². The fraction of sp³-hybridized carbons (Fsp3) is 0.250. The molecule has 1 aliphatic heterocycles. The van der Waals surface area contributed by atoms with Crippen molar-refractivity contribution in [1.29, 1.82) is 0 Å². The molecule has 0 aromatic heterocycles. The lowest BCUT2D eigenvalue weighted by atomic mass is 10.6. The largest absolute Gasteiger partial charge is 0.351 e. The molecule has 0 aliphatic carbocycles. The van der Waals surface area contributed by atoms with E-state index in [9.17, 15) is 9.59 Å². The molecule has 1 fully saturated rings.